The van der Waals surface area contributed by atoms with Gasteiger partial charge in [0.1, 0.15) is 0 Å². The number of likely N-dealkylation sites (tertiary alicyclic amines) is 1. The van der Waals surface area contributed by atoms with E-state index in [1.807, 2.05) is 12.1 Å². The molecule has 2 heterocycles. The highest BCUT2D eigenvalue weighted by Gasteiger charge is 2.24. The minimum Gasteiger partial charge on any atom is -0.493 e. The van der Waals surface area contributed by atoms with Crippen molar-refractivity contribution in [1.29, 1.82) is 0 Å². The van der Waals surface area contributed by atoms with Crippen LogP contribution in [0, 0.1) is 5.92 Å². The van der Waals surface area contributed by atoms with Crippen molar-refractivity contribution >= 4 is 17.0 Å². The van der Waals surface area contributed by atoms with E-state index < -0.39 is 0 Å². The smallest absolute Gasteiger partial charge is 0.201 e. The number of rotatable bonds is 6. The quantitative estimate of drug-likeness (QED) is 0.857. The van der Waals surface area contributed by atoms with Crippen LogP contribution >= 0.6 is 0 Å². The second-order valence-electron chi connectivity index (χ2n) is 7.63. The maximum Gasteiger partial charge on any atom is 0.201 e. The van der Waals surface area contributed by atoms with E-state index in [9.17, 15) is 0 Å². The fourth-order valence-electron chi connectivity index (χ4n) is 4.48. The predicted molar refractivity (Wildman–Crippen MR) is 104 cm³/mol. The van der Waals surface area contributed by atoms with Gasteiger partial charge in [-0.1, -0.05) is 19.8 Å². The number of methoxy groups -OCH3 is 1. The summed E-state index contributed by atoms with van der Waals surface area (Å²) in [6.45, 7) is 6.33. The molecule has 4 rings (SSSR count). The number of aromatic nitrogens is 2. The Bertz CT molecular complexity index is 767. The van der Waals surface area contributed by atoms with Gasteiger partial charge in [0.2, 0.25) is 5.95 Å². The van der Waals surface area contributed by atoms with Gasteiger partial charge in [-0.05, 0) is 32.4 Å². The van der Waals surface area contributed by atoms with Gasteiger partial charge >= 0.3 is 0 Å². The molecule has 2 N–H and O–H groups in total. The Hall–Kier alpha value is -1.95. The van der Waals surface area contributed by atoms with Crippen molar-refractivity contribution in [3.8, 4) is 11.5 Å². The second-order valence-corrected chi connectivity index (χ2v) is 7.63. The first kappa shape index (κ1) is 17.5. The molecule has 1 aromatic heterocycles. The molecule has 2 fully saturated rings. The molecule has 2 aliphatic rings. The SMILES string of the molecule is CCN1CCC(COc2cc3nc(N)n(C4CCCC4)c3cc2OC)C1. The minimum atomic E-state index is 0.454. The molecule has 6 heteroatoms. The summed E-state index contributed by atoms with van der Waals surface area (Å²) in [4.78, 5) is 7.07. The second kappa shape index (κ2) is 7.35. The van der Waals surface area contributed by atoms with E-state index in [-0.39, 0.29) is 0 Å². The third kappa shape index (κ3) is 3.22. The van der Waals surface area contributed by atoms with E-state index >= 15 is 0 Å². The number of anilines is 1. The zero-order chi connectivity index (χ0) is 18.1. The van der Waals surface area contributed by atoms with Crippen LogP contribution in [0.15, 0.2) is 12.1 Å². The fraction of sp³-hybridized carbons (Fsp3) is 0.650. The Labute approximate surface area is 155 Å². The van der Waals surface area contributed by atoms with Crippen molar-refractivity contribution in [2.75, 3.05) is 39.1 Å². The van der Waals surface area contributed by atoms with E-state index in [1.165, 1.54) is 38.6 Å². The average Bonchev–Trinajstić information content (AvgIpc) is 3.37. The van der Waals surface area contributed by atoms with Crippen LogP contribution in [0.3, 0.4) is 0 Å². The number of nitrogen functional groups attached to an aromatic ring is 1. The van der Waals surface area contributed by atoms with Crippen LogP contribution in [0.1, 0.15) is 45.1 Å². The number of nitrogens with zero attached hydrogens (tertiary/aromatic N) is 3. The molecule has 0 spiro atoms. The van der Waals surface area contributed by atoms with Gasteiger partial charge in [0, 0.05) is 30.6 Å². The van der Waals surface area contributed by atoms with Crippen molar-refractivity contribution in [2.24, 2.45) is 5.92 Å². The Morgan fingerprint density at radius 2 is 2.00 bits per heavy atom. The molecule has 0 amide bonds. The van der Waals surface area contributed by atoms with Gasteiger partial charge in [-0.15, -0.1) is 0 Å². The summed E-state index contributed by atoms with van der Waals surface area (Å²) in [5.74, 6) is 2.71. The molecule has 1 aliphatic carbocycles. The molecule has 0 bridgehead atoms. The van der Waals surface area contributed by atoms with Gasteiger partial charge in [-0.25, -0.2) is 4.98 Å². The number of hydrogen-bond acceptors (Lipinski definition) is 5. The number of imidazole rings is 1. The van der Waals surface area contributed by atoms with Crippen molar-refractivity contribution in [1.82, 2.24) is 14.5 Å². The zero-order valence-electron chi connectivity index (χ0n) is 15.9. The maximum atomic E-state index is 6.24. The summed E-state index contributed by atoms with van der Waals surface area (Å²) in [7, 11) is 1.70. The number of hydrogen-bond donors (Lipinski definition) is 1. The lowest BCUT2D eigenvalue weighted by molar-refractivity contribution is 0.234. The molecule has 0 radical (unpaired) electrons. The van der Waals surface area contributed by atoms with Gasteiger partial charge < -0.3 is 24.7 Å². The summed E-state index contributed by atoms with van der Waals surface area (Å²) in [6, 6.07) is 4.48. The molecule has 6 nitrogen and oxygen atoms in total. The van der Waals surface area contributed by atoms with Gasteiger partial charge in [0.25, 0.3) is 0 Å². The first-order valence-corrected chi connectivity index (χ1v) is 9.90. The fourth-order valence-corrected chi connectivity index (χ4v) is 4.48. The highest BCUT2D eigenvalue weighted by molar-refractivity contribution is 5.82. The molecular formula is C20H30N4O2. The third-order valence-electron chi connectivity index (χ3n) is 5.98. The van der Waals surface area contributed by atoms with Gasteiger partial charge in [0.05, 0.1) is 24.8 Å². The maximum absolute atomic E-state index is 6.24. The Morgan fingerprint density at radius 1 is 1.19 bits per heavy atom. The molecule has 1 atom stereocenters. The molecule has 1 aliphatic heterocycles. The van der Waals surface area contributed by atoms with Crippen molar-refractivity contribution in [2.45, 2.75) is 45.1 Å². The largest absolute Gasteiger partial charge is 0.493 e. The highest BCUT2D eigenvalue weighted by Crippen LogP contribution is 2.38. The monoisotopic (exact) mass is 358 g/mol. The van der Waals surface area contributed by atoms with Crippen LogP contribution in [-0.2, 0) is 0 Å². The first-order chi connectivity index (χ1) is 12.7. The van der Waals surface area contributed by atoms with Crippen molar-refractivity contribution in [3.63, 3.8) is 0 Å². The van der Waals surface area contributed by atoms with Gasteiger partial charge in [0.15, 0.2) is 11.5 Å². The number of ether oxygens (including phenoxy) is 2. The minimum absolute atomic E-state index is 0.454. The standard InChI is InChI=1S/C20H30N4O2/c1-3-23-9-8-14(12-23)13-26-19-10-16-17(11-18(19)25-2)24(20(21)22-16)15-6-4-5-7-15/h10-11,14-15H,3-9,12-13H2,1-2H3,(H2,21,22). The van der Waals surface area contributed by atoms with Gasteiger partial charge in [-0.3, -0.25) is 0 Å². The van der Waals surface area contributed by atoms with Crippen molar-refractivity contribution < 1.29 is 9.47 Å². The molecule has 26 heavy (non-hydrogen) atoms. The third-order valence-corrected chi connectivity index (χ3v) is 5.98. The molecule has 142 valence electrons. The summed E-state index contributed by atoms with van der Waals surface area (Å²) in [5, 5.41) is 0. The van der Waals surface area contributed by atoms with Crippen molar-refractivity contribution in [3.05, 3.63) is 12.1 Å². The number of nitrogens with two attached hydrogens (primary N) is 1. The van der Waals surface area contributed by atoms with Gasteiger partial charge in [-0.2, -0.15) is 0 Å². The number of fused-ring (bicyclic) bond motifs is 1. The predicted octanol–water partition coefficient (Wildman–Crippen LogP) is 3.46. The number of benzene rings is 1. The van der Waals surface area contributed by atoms with E-state index in [0.29, 0.717) is 17.9 Å². The molecule has 2 aromatic rings. The van der Waals surface area contributed by atoms with Crippen LogP contribution < -0.4 is 15.2 Å². The molecule has 1 unspecified atom stereocenters. The summed E-state index contributed by atoms with van der Waals surface area (Å²) < 4.78 is 14.0. The molecular weight excluding hydrogens is 328 g/mol. The normalized spacial score (nSPS) is 21.7. The molecule has 1 saturated carbocycles. The van der Waals surface area contributed by atoms with Crippen LogP contribution in [-0.4, -0.2) is 47.8 Å². The lowest BCUT2D eigenvalue weighted by atomic mass is 10.1. The van der Waals surface area contributed by atoms with E-state index in [0.717, 1.165) is 42.2 Å². The van der Waals surface area contributed by atoms with Crippen LogP contribution in [0.2, 0.25) is 0 Å². The zero-order valence-corrected chi connectivity index (χ0v) is 15.9. The highest BCUT2D eigenvalue weighted by atomic mass is 16.5. The summed E-state index contributed by atoms with van der Waals surface area (Å²) in [6.07, 6.45) is 6.07. The average molecular weight is 358 g/mol. The summed E-state index contributed by atoms with van der Waals surface area (Å²) in [5.41, 5.74) is 8.19. The topological polar surface area (TPSA) is 65.5 Å². The Kier molecular flexibility index (Phi) is 4.94. The Balaban J connectivity index is 1.57. The summed E-state index contributed by atoms with van der Waals surface area (Å²) >= 11 is 0. The molecule has 1 aromatic carbocycles. The van der Waals surface area contributed by atoms with Crippen LogP contribution in [0.4, 0.5) is 5.95 Å². The van der Waals surface area contributed by atoms with Crippen LogP contribution in [0.5, 0.6) is 11.5 Å². The first-order valence-electron chi connectivity index (χ1n) is 9.90. The lowest BCUT2D eigenvalue weighted by Crippen LogP contribution is -2.21. The molecule has 1 saturated heterocycles. The van der Waals surface area contributed by atoms with Crippen LogP contribution in [0.25, 0.3) is 11.0 Å². The van der Waals surface area contributed by atoms with E-state index in [1.54, 1.807) is 7.11 Å². The van der Waals surface area contributed by atoms with E-state index in [4.69, 9.17) is 15.2 Å². The Morgan fingerprint density at radius 3 is 2.69 bits per heavy atom. The van der Waals surface area contributed by atoms with E-state index in [2.05, 4.69) is 21.4 Å². The lowest BCUT2D eigenvalue weighted by Gasteiger charge is -2.17.